The summed E-state index contributed by atoms with van der Waals surface area (Å²) >= 11 is 0. The van der Waals surface area contributed by atoms with Gasteiger partial charge in [0.2, 0.25) is 0 Å². The Labute approximate surface area is 227 Å². The molecular weight excluding hydrogens is 553 g/mol. The van der Waals surface area contributed by atoms with Crippen LogP contribution in [0.5, 0.6) is 0 Å². The molecule has 18 nitrogen and oxygen atoms in total. The molecule has 0 bridgehead atoms. The first-order valence-corrected chi connectivity index (χ1v) is 14.3. The maximum Gasteiger partial charge on any atom is 0.359 e. The highest BCUT2D eigenvalue weighted by Crippen LogP contribution is 2.53. The Balaban J connectivity index is 1.38. The van der Waals surface area contributed by atoms with Crippen molar-refractivity contribution in [2.75, 3.05) is 25.6 Å². The Morgan fingerprint density at radius 1 is 1.23 bits per heavy atom. The zero-order chi connectivity index (χ0) is 28.5. The number of hydrogen-bond donors (Lipinski definition) is 7. The van der Waals surface area contributed by atoms with E-state index in [4.69, 9.17) is 14.2 Å². The molecule has 7 N–H and O–H groups in total. The number of hydrogen-bond acceptors (Lipinski definition) is 14. The van der Waals surface area contributed by atoms with Gasteiger partial charge in [-0.2, -0.15) is 10.3 Å². The topological polar surface area (TPSA) is 256 Å². The second kappa shape index (κ2) is 11.7. The molecule has 0 amide bonds. The Morgan fingerprint density at radius 3 is 2.65 bits per heavy atom. The van der Waals surface area contributed by atoms with Crippen molar-refractivity contribution < 1.29 is 43.9 Å². The van der Waals surface area contributed by atoms with Crippen LogP contribution in [0.15, 0.2) is 6.20 Å². The van der Waals surface area contributed by atoms with E-state index in [1.54, 1.807) is 0 Å². The summed E-state index contributed by atoms with van der Waals surface area (Å²) in [6, 6.07) is 0.221. The zero-order valence-corrected chi connectivity index (χ0v) is 22.5. The van der Waals surface area contributed by atoms with E-state index in [9.17, 15) is 29.7 Å². The molecule has 3 aromatic rings. The van der Waals surface area contributed by atoms with E-state index in [1.807, 2.05) is 0 Å². The van der Waals surface area contributed by atoms with Crippen LogP contribution < -0.4 is 5.32 Å². The third-order valence-corrected chi connectivity index (χ3v) is 8.63. The summed E-state index contributed by atoms with van der Waals surface area (Å²) < 4.78 is 30.4. The summed E-state index contributed by atoms with van der Waals surface area (Å²) in [6.07, 6.45) is -0.250. The Morgan fingerprint density at radius 2 is 2.00 bits per heavy atom. The van der Waals surface area contributed by atoms with Gasteiger partial charge in [-0.15, -0.1) is 10.2 Å². The first-order valence-electron chi connectivity index (χ1n) is 12.7. The quantitative estimate of drug-likeness (QED) is 0.120. The lowest BCUT2D eigenvalue weighted by atomic mass is 10.1. The first-order chi connectivity index (χ1) is 19.2. The lowest BCUT2D eigenvalue weighted by Gasteiger charge is -2.33. The van der Waals surface area contributed by atoms with Crippen molar-refractivity contribution in [3.05, 3.63) is 17.8 Å². The number of ether oxygens (including phenoxy) is 3. The van der Waals surface area contributed by atoms with E-state index < -0.39 is 63.7 Å². The molecule has 2 aliphatic rings. The number of rotatable bonds is 12. The van der Waals surface area contributed by atoms with Crippen LogP contribution in [-0.2, 0) is 31.8 Å². The van der Waals surface area contributed by atoms with Crippen LogP contribution in [0.2, 0.25) is 0 Å². The highest BCUT2D eigenvalue weighted by molar-refractivity contribution is 7.53. The number of anilines is 1. The Bertz CT molecular complexity index is 1330. The molecule has 220 valence electrons. The van der Waals surface area contributed by atoms with Crippen molar-refractivity contribution in [1.29, 1.82) is 0 Å². The number of aliphatic hydroxyl groups is 3. The average Bonchev–Trinajstić information content (AvgIpc) is 3.72. The minimum absolute atomic E-state index is 0.0319. The van der Waals surface area contributed by atoms with E-state index in [1.165, 1.54) is 18.0 Å². The number of tetrazole rings is 1. The minimum atomic E-state index is -5.01. The van der Waals surface area contributed by atoms with Gasteiger partial charge in [-0.25, -0.2) is 14.6 Å². The third kappa shape index (κ3) is 5.59. The maximum absolute atomic E-state index is 12.5. The number of nitrogens with zero attached hydrogens (tertiary/aromatic N) is 7. The first kappa shape index (κ1) is 28.8. The number of aromatic amines is 1. The van der Waals surface area contributed by atoms with Crippen molar-refractivity contribution in [1.82, 2.24) is 40.4 Å². The standard InChI is InChI=1S/C21H32N9O9P/c1-37-10-21(40(34,35)36,6-14-26-28-29-27-14)38-9-13-16(32)17(33)20(39-13)30-19-12(7-22-30)18(24-15(8-31)25-19)23-11-4-2-3-5-11/h7,11,13,16-17,20,31-33H,2-6,8-10H2,1H3,(H,23,24,25)(H2,34,35,36)(H,26,27,28,29)/t13-,16-,17-,20-,21+/m1/s1. The fourth-order valence-corrected chi connectivity index (χ4v) is 5.94. The molecule has 40 heavy (non-hydrogen) atoms. The van der Waals surface area contributed by atoms with Crippen LogP contribution in [-0.4, -0.2) is 115 Å². The number of aromatic nitrogens is 8. The molecule has 1 saturated carbocycles. The van der Waals surface area contributed by atoms with Crippen LogP contribution in [0.25, 0.3) is 11.0 Å². The van der Waals surface area contributed by atoms with Crippen LogP contribution in [0.1, 0.15) is 43.6 Å². The number of aliphatic hydroxyl groups excluding tert-OH is 3. The molecule has 0 aromatic carbocycles. The van der Waals surface area contributed by atoms with Gasteiger partial charge in [-0.05, 0) is 12.8 Å². The second-order valence-corrected chi connectivity index (χ2v) is 11.8. The van der Waals surface area contributed by atoms with Crippen molar-refractivity contribution in [3.63, 3.8) is 0 Å². The van der Waals surface area contributed by atoms with Crippen molar-refractivity contribution >= 4 is 24.4 Å². The molecular formula is C21H32N9O9P. The molecule has 1 aliphatic heterocycles. The molecule has 0 spiro atoms. The summed E-state index contributed by atoms with van der Waals surface area (Å²) in [5.74, 6) is 0.596. The molecule has 0 radical (unpaired) electrons. The molecule has 4 heterocycles. The molecule has 3 aromatic heterocycles. The lowest BCUT2D eigenvalue weighted by Crippen LogP contribution is -2.44. The summed E-state index contributed by atoms with van der Waals surface area (Å²) in [6.45, 7) is -1.51. The van der Waals surface area contributed by atoms with Gasteiger partial charge in [0, 0.05) is 13.2 Å². The zero-order valence-electron chi connectivity index (χ0n) is 21.6. The monoisotopic (exact) mass is 585 g/mol. The number of H-pyrrole nitrogens is 1. The molecule has 0 unspecified atom stereocenters. The molecule has 19 heteroatoms. The molecule has 1 aliphatic carbocycles. The molecule has 5 atom stereocenters. The normalized spacial score (nSPS) is 25.6. The lowest BCUT2D eigenvalue weighted by molar-refractivity contribution is -0.113. The van der Waals surface area contributed by atoms with Gasteiger partial charge >= 0.3 is 7.60 Å². The second-order valence-electron chi connectivity index (χ2n) is 9.88. The van der Waals surface area contributed by atoms with E-state index in [-0.39, 0.29) is 23.3 Å². The number of fused-ring (bicyclic) bond motifs is 1. The Kier molecular flexibility index (Phi) is 8.42. The van der Waals surface area contributed by atoms with E-state index in [0.717, 1.165) is 25.7 Å². The van der Waals surface area contributed by atoms with Crippen LogP contribution in [0.4, 0.5) is 5.82 Å². The molecule has 1 saturated heterocycles. The van der Waals surface area contributed by atoms with Crippen LogP contribution in [0.3, 0.4) is 0 Å². The fourth-order valence-electron chi connectivity index (χ4n) is 5.05. The largest absolute Gasteiger partial charge is 0.388 e. The van der Waals surface area contributed by atoms with Gasteiger partial charge in [0.1, 0.15) is 30.7 Å². The summed E-state index contributed by atoms with van der Waals surface area (Å²) in [5, 5.41) is 50.5. The summed E-state index contributed by atoms with van der Waals surface area (Å²) in [4.78, 5) is 29.1. The van der Waals surface area contributed by atoms with Crippen molar-refractivity contribution in [2.45, 2.75) is 74.6 Å². The van der Waals surface area contributed by atoms with Gasteiger partial charge < -0.3 is 44.6 Å². The summed E-state index contributed by atoms with van der Waals surface area (Å²) in [7, 11) is -3.77. The van der Waals surface area contributed by atoms with Gasteiger partial charge in [0.05, 0.1) is 31.2 Å². The van der Waals surface area contributed by atoms with Crippen LogP contribution in [0, 0.1) is 0 Å². The van der Waals surface area contributed by atoms with E-state index in [2.05, 4.69) is 41.0 Å². The number of methoxy groups -OCH3 is 1. The number of nitrogens with one attached hydrogen (secondary N) is 2. The molecule has 2 fully saturated rings. The van der Waals surface area contributed by atoms with Crippen LogP contribution >= 0.6 is 7.60 Å². The van der Waals surface area contributed by atoms with Gasteiger partial charge in [0.25, 0.3) is 0 Å². The minimum Gasteiger partial charge on any atom is -0.388 e. The predicted octanol–water partition coefficient (Wildman–Crippen LogP) is -1.41. The average molecular weight is 586 g/mol. The molecule has 5 rings (SSSR count). The van der Waals surface area contributed by atoms with Gasteiger partial charge in [-0.1, -0.05) is 18.1 Å². The van der Waals surface area contributed by atoms with E-state index >= 15 is 0 Å². The van der Waals surface area contributed by atoms with Crippen molar-refractivity contribution in [3.8, 4) is 0 Å². The highest BCUT2D eigenvalue weighted by atomic mass is 31.2. The fraction of sp³-hybridized carbons (Fsp3) is 0.714. The SMILES string of the molecule is COC[C@@](Cc1nn[nH]n1)(OC[C@H]1O[C@@H](n2ncc3c(NC4CCCC4)nc(CO)nc32)[C@H](O)[C@@H]1O)P(=O)(O)O. The predicted molar refractivity (Wildman–Crippen MR) is 134 cm³/mol. The van der Waals surface area contributed by atoms with Gasteiger partial charge in [0.15, 0.2) is 28.9 Å². The Hall–Kier alpha value is -2.67. The highest BCUT2D eigenvalue weighted by Gasteiger charge is 2.52. The smallest absolute Gasteiger partial charge is 0.359 e. The third-order valence-electron chi connectivity index (χ3n) is 7.16. The van der Waals surface area contributed by atoms with Crippen molar-refractivity contribution in [2.24, 2.45) is 0 Å². The van der Waals surface area contributed by atoms with E-state index in [0.29, 0.717) is 11.2 Å². The van der Waals surface area contributed by atoms with Gasteiger partial charge in [-0.3, -0.25) is 4.57 Å². The maximum atomic E-state index is 12.5. The summed E-state index contributed by atoms with van der Waals surface area (Å²) in [5.41, 5.74) is 0.262.